The van der Waals surface area contributed by atoms with Crippen LogP contribution in [0.2, 0.25) is 10.0 Å². The van der Waals surface area contributed by atoms with Gasteiger partial charge in [0, 0.05) is 18.9 Å². The van der Waals surface area contributed by atoms with Gasteiger partial charge in [0.2, 0.25) is 0 Å². The summed E-state index contributed by atoms with van der Waals surface area (Å²) in [6.07, 6.45) is 3.53. The molecule has 0 aliphatic heterocycles. The molecule has 7 nitrogen and oxygen atoms in total. The molecule has 3 rings (SSSR count). The van der Waals surface area contributed by atoms with Crippen molar-refractivity contribution < 1.29 is 9.53 Å². The summed E-state index contributed by atoms with van der Waals surface area (Å²) in [4.78, 5) is 12.4. The molecule has 0 saturated carbocycles. The zero-order valence-corrected chi connectivity index (χ0v) is 16.4. The van der Waals surface area contributed by atoms with E-state index in [1.165, 1.54) is 4.68 Å². The number of ether oxygens (including phenoxy) is 1. The summed E-state index contributed by atoms with van der Waals surface area (Å²) in [5.74, 6) is 0.0885. The van der Waals surface area contributed by atoms with Gasteiger partial charge in [-0.1, -0.05) is 29.3 Å². The lowest BCUT2D eigenvalue weighted by Gasteiger charge is -2.11. The van der Waals surface area contributed by atoms with Crippen molar-refractivity contribution in [2.75, 3.05) is 0 Å². The number of rotatable bonds is 7. The zero-order chi connectivity index (χ0) is 19.4. The van der Waals surface area contributed by atoms with Crippen molar-refractivity contribution in [2.45, 2.75) is 33.2 Å². The molecule has 1 aromatic carbocycles. The Morgan fingerprint density at radius 3 is 2.52 bits per heavy atom. The van der Waals surface area contributed by atoms with Crippen molar-refractivity contribution in [1.29, 1.82) is 0 Å². The summed E-state index contributed by atoms with van der Waals surface area (Å²) >= 11 is 12.1. The first kappa shape index (κ1) is 19.3. The monoisotopic (exact) mass is 407 g/mol. The van der Waals surface area contributed by atoms with E-state index in [0.29, 0.717) is 15.8 Å². The number of carbonyl (C=O) groups excluding carboxylic acids is 1. The first-order valence-electron chi connectivity index (χ1n) is 8.42. The Balaban J connectivity index is 1.60. The van der Waals surface area contributed by atoms with Crippen molar-refractivity contribution in [1.82, 2.24) is 24.9 Å². The Kier molecular flexibility index (Phi) is 6.03. The van der Waals surface area contributed by atoms with Crippen LogP contribution in [-0.4, -0.2) is 25.5 Å². The van der Waals surface area contributed by atoms with Gasteiger partial charge in [0.15, 0.2) is 12.5 Å². The molecular weight excluding hydrogens is 389 g/mol. The molecule has 1 N–H and O–H groups in total. The van der Waals surface area contributed by atoms with E-state index < -0.39 is 0 Å². The Morgan fingerprint density at radius 1 is 1.15 bits per heavy atom. The SMILES string of the molecule is CCn1ccc(C(C)NC(=O)c2ccn(COc3c(Cl)cccc3Cl)n2)n1. The highest BCUT2D eigenvalue weighted by Gasteiger charge is 2.16. The van der Waals surface area contributed by atoms with Gasteiger partial charge in [-0.3, -0.25) is 9.48 Å². The number of benzene rings is 1. The van der Waals surface area contributed by atoms with Crippen molar-refractivity contribution in [3.05, 3.63) is 64.2 Å². The highest BCUT2D eigenvalue weighted by molar-refractivity contribution is 6.37. The average molecular weight is 408 g/mol. The van der Waals surface area contributed by atoms with Gasteiger partial charge in [0.05, 0.1) is 21.8 Å². The van der Waals surface area contributed by atoms with Gasteiger partial charge < -0.3 is 10.1 Å². The molecule has 0 fully saturated rings. The number of nitrogens with one attached hydrogen (secondary N) is 1. The fourth-order valence-electron chi connectivity index (χ4n) is 2.43. The second-order valence-corrected chi connectivity index (χ2v) is 6.67. The second-order valence-electron chi connectivity index (χ2n) is 5.86. The van der Waals surface area contributed by atoms with Crippen LogP contribution in [0.1, 0.15) is 36.1 Å². The highest BCUT2D eigenvalue weighted by atomic mass is 35.5. The predicted molar refractivity (Wildman–Crippen MR) is 103 cm³/mol. The Hall–Kier alpha value is -2.51. The smallest absolute Gasteiger partial charge is 0.272 e. The number of halogens is 2. The third-order valence-electron chi connectivity index (χ3n) is 3.91. The number of nitrogens with zero attached hydrogens (tertiary/aromatic N) is 4. The lowest BCUT2D eigenvalue weighted by Crippen LogP contribution is -2.27. The molecule has 1 unspecified atom stereocenters. The number of para-hydroxylation sites is 1. The Labute approximate surface area is 166 Å². The fraction of sp³-hybridized carbons (Fsp3) is 0.278. The molecular formula is C18H19Cl2N5O2. The molecule has 0 aliphatic carbocycles. The number of carbonyl (C=O) groups is 1. The molecule has 0 radical (unpaired) electrons. The van der Waals surface area contributed by atoms with E-state index in [4.69, 9.17) is 27.9 Å². The lowest BCUT2D eigenvalue weighted by atomic mass is 10.2. The van der Waals surface area contributed by atoms with Gasteiger partial charge in [0.25, 0.3) is 5.91 Å². The number of aryl methyl sites for hydroxylation is 1. The van der Waals surface area contributed by atoms with Crippen LogP contribution in [0.25, 0.3) is 0 Å². The van der Waals surface area contributed by atoms with Crippen LogP contribution in [0.5, 0.6) is 5.75 Å². The van der Waals surface area contributed by atoms with E-state index in [-0.39, 0.29) is 24.4 Å². The highest BCUT2D eigenvalue weighted by Crippen LogP contribution is 2.32. The molecule has 0 spiro atoms. The number of hydrogen-bond acceptors (Lipinski definition) is 4. The number of hydrogen-bond donors (Lipinski definition) is 1. The van der Waals surface area contributed by atoms with Gasteiger partial charge in [-0.2, -0.15) is 10.2 Å². The second kappa shape index (κ2) is 8.45. The van der Waals surface area contributed by atoms with Crippen LogP contribution in [0.3, 0.4) is 0 Å². The minimum Gasteiger partial charge on any atom is -0.468 e. The van der Waals surface area contributed by atoms with Crippen LogP contribution in [0.15, 0.2) is 42.7 Å². The third-order valence-corrected chi connectivity index (χ3v) is 4.51. The summed E-state index contributed by atoms with van der Waals surface area (Å²) in [6, 6.07) is 8.38. The molecule has 0 aliphatic rings. The molecule has 0 saturated heterocycles. The van der Waals surface area contributed by atoms with E-state index in [2.05, 4.69) is 15.5 Å². The van der Waals surface area contributed by atoms with E-state index in [1.54, 1.807) is 30.5 Å². The molecule has 0 bridgehead atoms. The normalized spacial score (nSPS) is 12.0. The summed E-state index contributed by atoms with van der Waals surface area (Å²) in [6.45, 7) is 4.73. The van der Waals surface area contributed by atoms with Gasteiger partial charge in [0.1, 0.15) is 5.69 Å². The van der Waals surface area contributed by atoms with Crippen molar-refractivity contribution >= 4 is 29.1 Å². The topological polar surface area (TPSA) is 74.0 Å². The first-order chi connectivity index (χ1) is 13.0. The average Bonchev–Trinajstić information content (AvgIpc) is 3.31. The fourth-order valence-corrected chi connectivity index (χ4v) is 2.94. The minimum absolute atomic E-state index is 0.0766. The number of amides is 1. The van der Waals surface area contributed by atoms with Crippen LogP contribution in [0.4, 0.5) is 0 Å². The maximum Gasteiger partial charge on any atom is 0.272 e. The van der Waals surface area contributed by atoms with Crippen molar-refractivity contribution in [3.8, 4) is 5.75 Å². The van der Waals surface area contributed by atoms with E-state index in [1.807, 2.05) is 30.8 Å². The third kappa shape index (κ3) is 4.61. The quantitative estimate of drug-likeness (QED) is 0.643. The molecule has 2 heterocycles. The summed E-state index contributed by atoms with van der Waals surface area (Å²) in [5, 5.41) is 12.3. The summed E-state index contributed by atoms with van der Waals surface area (Å²) in [5.41, 5.74) is 1.08. The predicted octanol–water partition coefficient (Wildman–Crippen LogP) is 3.93. The standard InChI is InChI=1S/C18H19Cl2N5O2/c1-3-24-9-7-15(22-24)12(2)21-18(26)16-8-10-25(23-16)11-27-17-13(19)5-4-6-14(17)20/h4-10,12H,3,11H2,1-2H3,(H,21,26). The van der Waals surface area contributed by atoms with Crippen molar-refractivity contribution in [2.24, 2.45) is 0 Å². The summed E-state index contributed by atoms with van der Waals surface area (Å²) < 4.78 is 8.90. The molecule has 9 heteroatoms. The lowest BCUT2D eigenvalue weighted by molar-refractivity contribution is 0.0932. The van der Waals surface area contributed by atoms with Gasteiger partial charge >= 0.3 is 0 Å². The molecule has 1 atom stereocenters. The van der Waals surface area contributed by atoms with Gasteiger partial charge in [-0.25, -0.2) is 4.68 Å². The minimum atomic E-state index is -0.289. The summed E-state index contributed by atoms with van der Waals surface area (Å²) in [7, 11) is 0. The largest absolute Gasteiger partial charge is 0.468 e. The van der Waals surface area contributed by atoms with Crippen molar-refractivity contribution in [3.63, 3.8) is 0 Å². The Bertz CT molecular complexity index is 917. The molecule has 1 amide bonds. The zero-order valence-electron chi connectivity index (χ0n) is 14.9. The van der Waals surface area contributed by atoms with Gasteiger partial charge in [-0.15, -0.1) is 0 Å². The first-order valence-corrected chi connectivity index (χ1v) is 9.18. The molecule has 27 heavy (non-hydrogen) atoms. The van der Waals surface area contributed by atoms with E-state index in [0.717, 1.165) is 12.2 Å². The molecule has 2 aromatic heterocycles. The van der Waals surface area contributed by atoms with Crippen LogP contribution in [-0.2, 0) is 13.3 Å². The number of aromatic nitrogens is 4. The molecule has 3 aromatic rings. The maximum atomic E-state index is 12.4. The van der Waals surface area contributed by atoms with Crippen LogP contribution in [0, 0.1) is 0 Å². The van der Waals surface area contributed by atoms with Crippen LogP contribution < -0.4 is 10.1 Å². The maximum absolute atomic E-state index is 12.4. The van der Waals surface area contributed by atoms with E-state index in [9.17, 15) is 4.79 Å². The van der Waals surface area contributed by atoms with Gasteiger partial charge in [-0.05, 0) is 38.1 Å². The Morgan fingerprint density at radius 2 is 1.85 bits per heavy atom. The van der Waals surface area contributed by atoms with Crippen LogP contribution >= 0.6 is 23.2 Å². The molecule has 142 valence electrons. The van der Waals surface area contributed by atoms with E-state index >= 15 is 0 Å².